The molecule has 5 rings (SSSR count). The lowest BCUT2D eigenvalue weighted by Gasteiger charge is -2.15. The third kappa shape index (κ3) is 4.66. The lowest BCUT2D eigenvalue weighted by molar-refractivity contribution is 0.0932. The monoisotopic (exact) mass is 481 g/mol. The van der Waals surface area contributed by atoms with Crippen LogP contribution in [-0.2, 0) is 11.3 Å². The van der Waals surface area contributed by atoms with Crippen LogP contribution in [0.4, 0.5) is 10.2 Å². The Morgan fingerprint density at radius 2 is 2.09 bits per heavy atom. The maximum atomic E-state index is 14.1. The number of ether oxygens (including phenoxy) is 2. The number of rotatable bonds is 3. The number of carbonyl (C=O) groups is 1. The van der Waals surface area contributed by atoms with Gasteiger partial charge in [-0.1, -0.05) is 23.7 Å². The highest BCUT2D eigenvalue weighted by atomic mass is 35.5. The molecule has 4 bridgehead atoms. The Bertz CT molecular complexity index is 1360. The van der Waals surface area contributed by atoms with Crippen LogP contribution in [0.1, 0.15) is 15.9 Å². The summed E-state index contributed by atoms with van der Waals surface area (Å²) in [6.45, 7) is 1.70. The molecular formula is C24H21ClFN5O3. The highest BCUT2D eigenvalue weighted by Gasteiger charge is 2.17. The molecule has 4 aromatic rings. The first-order chi connectivity index (χ1) is 16.6. The topological polar surface area (TPSA) is 89.8 Å². The zero-order valence-corrected chi connectivity index (χ0v) is 18.8. The van der Waals surface area contributed by atoms with Crippen molar-refractivity contribution in [2.75, 3.05) is 31.7 Å². The fourth-order valence-electron chi connectivity index (χ4n) is 3.67. The van der Waals surface area contributed by atoms with Crippen LogP contribution in [-0.4, -0.2) is 46.9 Å². The zero-order chi connectivity index (χ0) is 23.5. The van der Waals surface area contributed by atoms with E-state index in [0.717, 1.165) is 16.9 Å². The molecule has 0 atom stereocenters. The van der Waals surface area contributed by atoms with Gasteiger partial charge in [-0.05, 0) is 35.9 Å². The second-order valence-corrected chi connectivity index (χ2v) is 8.09. The summed E-state index contributed by atoms with van der Waals surface area (Å²) in [5.74, 6) is 0.243. The fourth-order valence-corrected chi connectivity index (χ4v) is 3.83. The summed E-state index contributed by atoms with van der Waals surface area (Å²) < 4.78 is 27.3. The minimum absolute atomic E-state index is 0.0138. The van der Waals surface area contributed by atoms with Crippen LogP contribution in [0.2, 0.25) is 5.02 Å². The van der Waals surface area contributed by atoms with E-state index in [2.05, 4.69) is 20.7 Å². The number of nitrogens with one attached hydrogen (secondary N) is 2. The first kappa shape index (κ1) is 22.1. The highest BCUT2D eigenvalue weighted by Crippen LogP contribution is 2.30. The molecule has 0 radical (unpaired) electrons. The molecule has 1 aliphatic heterocycles. The minimum Gasteiger partial charge on any atom is -0.490 e. The molecule has 34 heavy (non-hydrogen) atoms. The SMILES string of the molecule is O=C(NCc1ccc(Cl)cc1F)c1ccc2cc1OCCOCCNc1ccn3ncc-2c3n1. The van der Waals surface area contributed by atoms with E-state index < -0.39 is 5.82 Å². The molecule has 2 N–H and O–H groups in total. The number of nitrogens with zero attached hydrogens (tertiary/aromatic N) is 3. The second kappa shape index (κ2) is 9.66. The summed E-state index contributed by atoms with van der Waals surface area (Å²) in [5, 5.41) is 10.7. The van der Waals surface area contributed by atoms with Crippen molar-refractivity contribution in [3.63, 3.8) is 0 Å². The predicted molar refractivity (Wildman–Crippen MR) is 126 cm³/mol. The highest BCUT2D eigenvalue weighted by molar-refractivity contribution is 6.30. The molecule has 2 aromatic carbocycles. The number of hydrogen-bond donors (Lipinski definition) is 2. The van der Waals surface area contributed by atoms with Gasteiger partial charge in [0, 0.05) is 35.4 Å². The Kier molecular flexibility index (Phi) is 6.29. The lowest BCUT2D eigenvalue weighted by Crippen LogP contribution is -2.24. The number of fused-ring (bicyclic) bond motifs is 4. The van der Waals surface area contributed by atoms with Crippen molar-refractivity contribution < 1.29 is 18.7 Å². The number of anilines is 1. The molecule has 0 fully saturated rings. The van der Waals surface area contributed by atoms with Gasteiger partial charge in [0.2, 0.25) is 0 Å². The summed E-state index contributed by atoms with van der Waals surface area (Å²) in [6.07, 6.45) is 3.55. The minimum atomic E-state index is -0.479. The van der Waals surface area contributed by atoms with Crippen molar-refractivity contribution in [1.82, 2.24) is 19.9 Å². The van der Waals surface area contributed by atoms with E-state index in [-0.39, 0.29) is 19.1 Å². The molecule has 0 saturated carbocycles. The third-order valence-corrected chi connectivity index (χ3v) is 5.63. The lowest BCUT2D eigenvalue weighted by atomic mass is 10.0. The standard InChI is InChI=1S/C24H21ClFN5O3/c25-17-3-1-16(20(26)12-17)13-28-24(32)18-4-2-15-11-21(18)34-10-9-33-8-6-27-22-5-7-31-23(30-22)19(15)14-29-31/h1-5,7,11-12,14H,6,8-10,13H2,(H,27,30)(H,28,32). The van der Waals surface area contributed by atoms with Gasteiger partial charge < -0.3 is 20.1 Å². The third-order valence-electron chi connectivity index (χ3n) is 5.40. The van der Waals surface area contributed by atoms with E-state index >= 15 is 0 Å². The van der Waals surface area contributed by atoms with Gasteiger partial charge in [0.1, 0.15) is 24.0 Å². The fraction of sp³-hybridized carbons (Fsp3) is 0.208. The number of halogens is 2. The van der Waals surface area contributed by atoms with Gasteiger partial charge in [-0.15, -0.1) is 0 Å². The average molecular weight is 482 g/mol. The smallest absolute Gasteiger partial charge is 0.255 e. The molecular weight excluding hydrogens is 461 g/mol. The van der Waals surface area contributed by atoms with E-state index in [1.807, 2.05) is 18.3 Å². The molecule has 1 amide bonds. The Morgan fingerprint density at radius 1 is 1.18 bits per heavy atom. The maximum Gasteiger partial charge on any atom is 0.255 e. The van der Waals surface area contributed by atoms with E-state index in [0.29, 0.717) is 47.3 Å². The molecule has 8 nitrogen and oxygen atoms in total. The van der Waals surface area contributed by atoms with Gasteiger partial charge in [0.25, 0.3) is 5.91 Å². The quantitative estimate of drug-likeness (QED) is 0.460. The van der Waals surface area contributed by atoms with E-state index in [1.54, 1.807) is 35.0 Å². The first-order valence-electron chi connectivity index (χ1n) is 10.7. The molecule has 0 aliphatic carbocycles. The maximum absolute atomic E-state index is 14.1. The Morgan fingerprint density at radius 3 is 2.97 bits per heavy atom. The first-order valence-corrected chi connectivity index (χ1v) is 11.1. The van der Waals surface area contributed by atoms with Gasteiger partial charge in [0.05, 0.1) is 25.0 Å². The van der Waals surface area contributed by atoms with Crippen LogP contribution >= 0.6 is 11.6 Å². The number of aromatic nitrogens is 3. The summed E-state index contributed by atoms with van der Waals surface area (Å²) in [5.41, 5.74) is 2.94. The molecule has 2 aromatic heterocycles. The van der Waals surface area contributed by atoms with Crippen molar-refractivity contribution in [3.8, 4) is 16.9 Å². The summed E-state index contributed by atoms with van der Waals surface area (Å²) in [4.78, 5) is 17.6. The molecule has 0 spiro atoms. The van der Waals surface area contributed by atoms with Gasteiger partial charge in [-0.2, -0.15) is 5.10 Å². The van der Waals surface area contributed by atoms with Gasteiger partial charge >= 0.3 is 0 Å². The van der Waals surface area contributed by atoms with Crippen molar-refractivity contribution in [2.45, 2.75) is 6.54 Å². The van der Waals surface area contributed by atoms with Gasteiger partial charge in [0.15, 0.2) is 5.65 Å². The summed E-state index contributed by atoms with van der Waals surface area (Å²) >= 11 is 5.81. The number of carbonyl (C=O) groups excluding carboxylic acids is 1. The predicted octanol–water partition coefficient (Wildman–Crippen LogP) is 3.94. The molecule has 0 unspecified atom stereocenters. The van der Waals surface area contributed by atoms with Crippen molar-refractivity contribution in [1.29, 1.82) is 0 Å². The average Bonchev–Trinajstić information content (AvgIpc) is 3.25. The van der Waals surface area contributed by atoms with Gasteiger partial charge in [-0.25, -0.2) is 13.9 Å². The zero-order valence-electron chi connectivity index (χ0n) is 18.1. The Labute approximate surface area is 199 Å². The van der Waals surface area contributed by atoms with Crippen molar-refractivity contribution >= 4 is 29.0 Å². The van der Waals surface area contributed by atoms with Gasteiger partial charge in [-0.3, -0.25) is 4.79 Å². The largest absolute Gasteiger partial charge is 0.490 e. The second-order valence-electron chi connectivity index (χ2n) is 7.66. The van der Waals surface area contributed by atoms with Crippen LogP contribution in [0.5, 0.6) is 5.75 Å². The van der Waals surface area contributed by atoms with Crippen molar-refractivity contribution in [2.24, 2.45) is 0 Å². The van der Waals surface area contributed by atoms with Crippen LogP contribution in [0.3, 0.4) is 0 Å². The summed E-state index contributed by atoms with van der Waals surface area (Å²) in [6, 6.07) is 11.5. The van der Waals surface area contributed by atoms with Crippen LogP contribution in [0.15, 0.2) is 54.9 Å². The van der Waals surface area contributed by atoms with E-state index in [1.165, 1.54) is 6.07 Å². The number of hydrogen-bond acceptors (Lipinski definition) is 6. The van der Waals surface area contributed by atoms with Crippen molar-refractivity contribution in [3.05, 3.63) is 76.8 Å². The van der Waals surface area contributed by atoms with E-state index in [4.69, 9.17) is 21.1 Å². The Balaban J connectivity index is 1.46. The molecule has 174 valence electrons. The van der Waals surface area contributed by atoms with Crippen LogP contribution in [0, 0.1) is 5.82 Å². The molecule has 10 heteroatoms. The van der Waals surface area contributed by atoms with E-state index in [9.17, 15) is 9.18 Å². The number of amides is 1. The summed E-state index contributed by atoms with van der Waals surface area (Å²) in [7, 11) is 0. The van der Waals surface area contributed by atoms with Crippen LogP contribution < -0.4 is 15.4 Å². The number of benzene rings is 2. The Hall–Kier alpha value is -3.69. The normalized spacial score (nSPS) is 13.7. The molecule has 3 heterocycles. The van der Waals surface area contributed by atoms with Crippen LogP contribution in [0.25, 0.3) is 16.8 Å². The molecule has 1 aliphatic rings. The molecule has 0 saturated heterocycles.